The van der Waals surface area contributed by atoms with Gasteiger partial charge in [0.15, 0.2) is 0 Å². The molecule has 1 aromatic carbocycles. The molecule has 1 fully saturated rings. The molecule has 23 heavy (non-hydrogen) atoms. The van der Waals surface area contributed by atoms with Crippen molar-refractivity contribution in [2.45, 2.75) is 18.5 Å². The second-order valence-corrected chi connectivity index (χ2v) is 5.56. The van der Waals surface area contributed by atoms with Gasteiger partial charge in [0.2, 0.25) is 0 Å². The van der Waals surface area contributed by atoms with Crippen molar-refractivity contribution in [3.8, 4) is 5.69 Å². The third-order valence-electron chi connectivity index (χ3n) is 3.96. The van der Waals surface area contributed by atoms with Gasteiger partial charge in [-0.25, -0.2) is 0 Å². The van der Waals surface area contributed by atoms with E-state index in [0.29, 0.717) is 24.5 Å². The van der Waals surface area contributed by atoms with Gasteiger partial charge in [0.1, 0.15) is 0 Å². The molecule has 6 nitrogen and oxygen atoms in total. The summed E-state index contributed by atoms with van der Waals surface area (Å²) >= 11 is 0. The van der Waals surface area contributed by atoms with Crippen molar-refractivity contribution in [1.82, 2.24) is 9.88 Å². The summed E-state index contributed by atoms with van der Waals surface area (Å²) in [5.74, 6) is -0.192. The Bertz CT molecular complexity index is 739. The van der Waals surface area contributed by atoms with Crippen molar-refractivity contribution in [3.05, 3.63) is 64.6 Å². The molecule has 2 atom stereocenters. The molecule has 1 saturated heterocycles. The van der Waals surface area contributed by atoms with Crippen LogP contribution in [0.1, 0.15) is 16.8 Å². The molecule has 2 heterocycles. The summed E-state index contributed by atoms with van der Waals surface area (Å²) < 4.78 is 6.87. The Morgan fingerprint density at radius 1 is 1.22 bits per heavy atom. The summed E-state index contributed by atoms with van der Waals surface area (Å²) in [5.41, 5.74) is 7.11. The molecule has 6 heteroatoms. The maximum atomic E-state index is 12.3. The average Bonchev–Trinajstić information content (AvgIpc) is 2.57. The minimum atomic E-state index is -0.192. The summed E-state index contributed by atoms with van der Waals surface area (Å²) in [6.07, 6.45) is 2.43. The van der Waals surface area contributed by atoms with E-state index >= 15 is 0 Å². The Labute approximate surface area is 133 Å². The van der Waals surface area contributed by atoms with Crippen molar-refractivity contribution in [3.63, 3.8) is 0 Å². The lowest BCUT2D eigenvalue weighted by atomic mass is 10.0. The first-order valence-corrected chi connectivity index (χ1v) is 7.57. The predicted octanol–water partition coefficient (Wildman–Crippen LogP) is 0.683. The standard InChI is InChI=1S/C17H19N3O3/c18-14-8-10-23-11-15(14)19-17(22)12-4-6-13(7-5-12)20-9-2-1-3-16(20)21/h1-7,9,14-15H,8,10-11,18H2,(H,19,22). The largest absolute Gasteiger partial charge is 0.379 e. The molecule has 0 spiro atoms. The number of pyridine rings is 1. The number of nitrogens with two attached hydrogens (primary N) is 1. The summed E-state index contributed by atoms with van der Waals surface area (Å²) in [7, 11) is 0. The zero-order chi connectivity index (χ0) is 16.2. The number of carbonyl (C=O) groups excluding carboxylic acids is 1. The van der Waals surface area contributed by atoms with Gasteiger partial charge in [-0.1, -0.05) is 6.07 Å². The third kappa shape index (κ3) is 3.49. The second kappa shape index (κ2) is 6.76. The first-order valence-electron chi connectivity index (χ1n) is 7.57. The number of hydrogen-bond acceptors (Lipinski definition) is 4. The summed E-state index contributed by atoms with van der Waals surface area (Å²) in [6, 6.07) is 11.6. The normalized spacial score (nSPS) is 20.9. The van der Waals surface area contributed by atoms with E-state index in [0.717, 1.165) is 6.42 Å². The molecule has 0 saturated carbocycles. The van der Waals surface area contributed by atoms with Gasteiger partial charge in [0.25, 0.3) is 11.5 Å². The van der Waals surface area contributed by atoms with Crippen molar-refractivity contribution >= 4 is 5.91 Å². The number of amides is 1. The fraction of sp³-hybridized carbons (Fsp3) is 0.294. The highest BCUT2D eigenvalue weighted by Gasteiger charge is 2.24. The molecule has 2 unspecified atom stereocenters. The molecule has 120 valence electrons. The Hall–Kier alpha value is -2.44. The van der Waals surface area contributed by atoms with Crippen LogP contribution in [0.15, 0.2) is 53.5 Å². The van der Waals surface area contributed by atoms with E-state index in [9.17, 15) is 9.59 Å². The first kappa shape index (κ1) is 15.5. The lowest BCUT2D eigenvalue weighted by Gasteiger charge is -2.29. The molecule has 2 aromatic rings. The van der Waals surface area contributed by atoms with E-state index in [1.54, 1.807) is 42.6 Å². The summed E-state index contributed by atoms with van der Waals surface area (Å²) in [6.45, 7) is 1.07. The zero-order valence-electron chi connectivity index (χ0n) is 12.6. The SMILES string of the molecule is NC1CCOCC1NC(=O)c1ccc(-n2ccccc2=O)cc1. The van der Waals surface area contributed by atoms with Crippen LogP contribution < -0.4 is 16.6 Å². The number of hydrogen-bond donors (Lipinski definition) is 2. The highest BCUT2D eigenvalue weighted by molar-refractivity contribution is 5.94. The molecule has 1 aliphatic heterocycles. The number of ether oxygens (including phenoxy) is 1. The molecule has 3 rings (SSSR count). The number of rotatable bonds is 3. The van der Waals surface area contributed by atoms with Crippen LogP contribution in [0.3, 0.4) is 0 Å². The topological polar surface area (TPSA) is 86.3 Å². The highest BCUT2D eigenvalue weighted by atomic mass is 16.5. The van der Waals surface area contributed by atoms with Crippen LogP contribution in [0.4, 0.5) is 0 Å². The summed E-state index contributed by atoms with van der Waals surface area (Å²) in [5, 5.41) is 2.90. The molecule has 0 aliphatic carbocycles. The molecule has 1 amide bonds. The van der Waals surface area contributed by atoms with Crippen LogP contribution >= 0.6 is 0 Å². The Morgan fingerprint density at radius 2 is 2.00 bits per heavy atom. The van der Waals surface area contributed by atoms with Gasteiger partial charge in [-0.05, 0) is 36.8 Å². The van der Waals surface area contributed by atoms with E-state index in [1.807, 2.05) is 0 Å². The van der Waals surface area contributed by atoms with Crippen molar-refractivity contribution in [2.75, 3.05) is 13.2 Å². The molecule has 1 aliphatic rings. The molecule has 0 radical (unpaired) electrons. The van der Waals surface area contributed by atoms with Gasteiger partial charge < -0.3 is 15.8 Å². The molecule has 0 bridgehead atoms. The van der Waals surface area contributed by atoms with Crippen molar-refractivity contribution < 1.29 is 9.53 Å². The van der Waals surface area contributed by atoms with Crippen molar-refractivity contribution in [1.29, 1.82) is 0 Å². The van der Waals surface area contributed by atoms with Crippen LogP contribution in [-0.4, -0.2) is 35.8 Å². The van der Waals surface area contributed by atoms with Crippen LogP contribution in [-0.2, 0) is 4.74 Å². The Morgan fingerprint density at radius 3 is 2.70 bits per heavy atom. The Kier molecular flexibility index (Phi) is 4.55. The van der Waals surface area contributed by atoms with E-state index in [2.05, 4.69) is 5.32 Å². The van der Waals surface area contributed by atoms with Crippen LogP contribution in [0.5, 0.6) is 0 Å². The van der Waals surface area contributed by atoms with Gasteiger partial charge in [0.05, 0.1) is 12.6 Å². The smallest absolute Gasteiger partial charge is 0.255 e. The summed E-state index contributed by atoms with van der Waals surface area (Å²) in [4.78, 5) is 24.1. The van der Waals surface area contributed by atoms with Crippen LogP contribution in [0.25, 0.3) is 5.69 Å². The van der Waals surface area contributed by atoms with Crippen molar-refractivity contribution in [2.24, 2.45) is 5.73 Å². The van der Waals surface area contributed by atoms with Gasteiger partial charge in [0, 0.05) is 36.2 Å². The van der Waals surface area contributed by atoms with E-state index < -0.39 is 0 Å². The number of benzene rings is 1. The first-order chi connectivity index (χ1) is 11.1. The van der Waals surface area contributed by atoms with Crippen LogP contribution in [0.2, 0.25) is 0 Å². The fourth-order valence-corrected chi connectivity index (χ4v) is 2.57. The van der Waals surface area contributed by atoms with Gasteiger partial charge in [-0.15, -0.1) is 0 Å². The van der Waals surface area contributed by atoms with E-state index in [-0.39, 0.29) is 23.6 Å². The van der Waals surface area contributed by atoms with E-state index in [1.165, 1.54) is 10.6 Å². The van der Waals surface area contributed by atoms with Crippen LogP contribution in [0, 0.1) is 0 Å². The number of nitrogens with zero attached hydrogens (tertiary/aromatic N) is 1. The maximum Gasteiger partial charge on any atom is 0.255 e. The molecule has 3 N–H and O–H groups in total. The lowest BCUT2D eigenvalue weighted by molar-refractivity contribution is 0.0534. The lowest BCUT2D eigenvalue weighted by Crippen LogP contribution is -2.53. The maximum absolute atomic E-state index is 12.3. The van der Waals surface area contributed by atoms with Gasteiger partial charge >= 0.3 is 0 Å². The average molecular weight is 313 g/mol. The van der Waals surface area contributed by atoms with E-state index in [4.69, 9.17) is 10.5 Å². The Balaban J connectivity index is 1.73. The highest BCUT2D eigenvalue weighted by Crippen LogP contribution is 2.10. The minimum Gasteiger partial charge on any atom is -0.379 e. The quantitative estimate of drug-likeness (QED) is 0.872. The van der Waals surface area contributed by atoms with Gasteiger partial charge in [-0.3, -0.25) is 14.2 Å². The second-order valence-electron chi connectivity index (χ2n) is 5.56. The number of nitrogens with one attached hydrogen (secondary N) is 1. The molecule has 1 aromatic heterocycles. The number of aromatic nitrogens is 1. The van der Waals surface area contributed by atoms with Gasteiger partial charge in [-0.2, -0.15) is 0 Å². The fourth-order valence-electron chi connectivity index (χ4n) is 2.57. The zero-order valence-corrected chi connectivity index (χ0v) is 12.6. The molecular formula is C17H19N3O3. The predicted molar refractivity (Wildman–Crippen MR) is 86.7 cm³/mol. The number of carbonyl (C=O) groups is 1. The molecular weight excluding hydrogens is 294 g/mol. The third-order valence-corrected chi connectivity index (χ3v) is 3.96. The monoisotopic (exact) mass is 313 g/mol. The minimum absolute atomic E-state index is 0.0881.